The van der Waals surface area contributed by atoms with Crippen LogP contribution in [0.15, 0.2) is 18.2 Å². The largest absolute Gasteiger partial charge is 0.493 e. The highest BCUT2D eigenvalue weighted by Crippen LogP contribution is 2.28. The maximum atomic E-state index is 5.36. The zero-order chi connectivity index (χ0) is 14.8. The van der Waals surface area contributed by atoms with Crippen LogP contribution in [0.3, 0.4) is 0 Å². The summed E-state index contributed by atoms with van der Waals surface area (Å²) in [5, 5.41) is 3.64. The molecule has 0 amide bonds. The van der Waals surface area contributed by atoms with Crippen molar-refractivity contribution in [2.75, 3.05) is 20.8 Å². The fourth-order valence-electron chi connectivity index (χ4n) is 2.42. The predicted octanol–water partition coefficient (Wildman–Crippen LogP) is 3.80. The summed E-state index contributed by atoms with van der Waals surface area (Å²) in [7, 11) is 3.35. The van der Waals surface area contributed by atoms with E-state index in [0.717, 1.165) is 24.5 Å². The third-order valence-corrected chi connectivity index (χ3v) is 3.55. The zero-order valence-electron chi connectivity index (χ0n) is 13.4. The van der Waals surface area contributed by atoms with Gasteiger partial charge in [0.1, 0.15) is 0 Å². The van der Waals surface area contributed by atoms with E-state index in [1.54, 1.807) is 14.2 Å². The van der Waals surface area contributed by atoms with E-state index in [9.17, 15) is 0 Å². The smallest absolute Gasteiger partial charge is 0.160 e. The summed E-state index contributed by atoms with van der Waals surface area (Å²) >= 11 is 0. The second kappa shape index (κ2) is 9.65. The molecule has 0 radical (unpaired) electrons. The van der Waals surface area contributed by atoms with E-state index in [-0.39, 0.29) is 0 Å². The number of ether oxygens (including phenoxy) is 2. The SMILES string of the molecule is CCCNC(CCC)CCc1ccc(OC)c(OC)c1. The lowest BCUT2D eigenvalue weighted by Gasteiger charge is -2.18. The van der Waals surface area contributed by atoms with E-state index >= 15 is 0 Å². The minimum atomic E-state index is 0.619. The van der Waals surface area contributed by atoms with Crippen LogP contribution in [-0.4, -0.2) is 26.8 Å². The molecule has 0 aliphatic heterocycles. The van der Waals surface area contributed by atoms with Crippen LogP contribution in [0.4, 0.5) is 0 Å². The number of hydrogen-bond acceptors (Lipinski definition) is 3. The predicted molar refractivity (Wildman–Crippen MR) is 84.9 cm³/mol. The van der Waals surface area contributed by atoms with E-state index in [1.165, 1.54) is 31.2 Å². The Bertz CT molecular complexity index is 379. The molecule has 0 saturated heterocycles. The normalized spacial score (nSPS) is 12.2. The van der Waals surface area contributed by atoms with E-state index in [1.807, 2.05) is 6.07 Å². The van der Waals surface area contributed by atoms with Gasteiger partial charge in [-0.05, 0) is 49.9 Å². The Kier molecular flexibility index (Phi) is 8.12. The topological polar surface area (TPSA) is 30.5 Å². The van der Waals surface area contributed by atoms with Crippen molar-refractivity contribution in [3.8, 4) is 11.5 Å². The Morgan fingerprint density at radius 1 is 1.00 bits per heavy atom. The molecule has 114 valence electrons. The summed E-state index contributed by atoms with van der Waals surface area (Å²) in [5.41, 5.74) is 1.31. The maximum Gasteiger partial charge on any atom is 0.160 e. The summed E-state index contributed by atoms with van der Waals surface area (Å²) in [6.45, 7) is 5.57. The molecule has 0 heterocycles. The average Bonchev–Trinajstić information content (AvgIpc) is 2.49. The first-order chi connectivity index (χ1) is 9.74. The molecule has 3 heteroatoms. The molecule has 0 fully saturated rings. The highest BCUT2D eigenvalue weighted by molar-refractivity contribution is 5.42. The Morgan fingerprint density at radius 2 is 1.75 bits per heavy atom. The number of nitrogens with one attached hydrogen (secondary N) is 1. The average molecular weight is 279 g/mol. The number of hydrogen-bond donors (Lipinski definition) is 1. The molecule has 1 aromatic rings. The van der Waals surface area contributed by atoms with Crippen molar-refractivity contribution in [2.24, 2.45) is 0 Å². The van der Waals surface area contributed by atoms with Gasteiger partial charge in [0.25, 0.3) is 0 Å². The molecule has 1 unspecified atom stereocenters. The van der Waals surface area contributed by atoms with Gasteiger partial charge >= 0.3 is 0 Å². The van der Waals surface area contributed by atoms with E-state index in [2.05, 4.69) is 31.3 Å². The van der Waals surface area contributed by atoms with Crippen LogP contribution in [0, 0.1) is 0 Å². The fourth-order valence-corrected chi connectivity index (χ4v) is 2.42. The summed E-state index contributed by atoms with van der Waals surface area (Å²) < 4.78 is 10.6. The monoisotopic (exact) mass is 279 g/mol. The molecule has 0 aromatic heterocycles. The van der Waals surface area contributed by atoms with Crippen molar-refractivity contribution >= 4 is 0 Å². The highest BCUT2D eigenvalue weighted by atomic mass is 16.5. The Hall–Kier alpha value is -1.22. The quantitative estimate of drug-likeness (QED) is 0.706. The first kappa shape index (κ1) is 16.8. The third kappa shape index (κ3) is 5.41. The van der Waals surface area contributed by atoms with Crippen molar-refractivity contribution < 1.29 is 9.47 Å². The van der Waals surface area contributed by atoms with Gasteiger partial charge in [0.15, 0.2) is 11.5 Å². The lowest BCUT2D eigenvalue weighted by Crippen LogP contribution is -2.30. The lowest BCUT2D eigenvalue weighted by molar-refractivity contribution is 0.354. The summed E-state index contributed by atoms with van der Waals surface area (Å²) in [5.74, 6) is 1.61. The number of benzene rings is 1. The Labute approximate surface area is 123 Å². The molecule has 1 N–H and O–H groups in total. The molecule has 3 nitrogen and oxygen atoms in total. The van der Waals surface area contributed by atoms with Gasteiger partial charge in [-0.3, -0.25) is 0 Å². The molecule has 0 saturated carbocycles. The van der Waals surface area contributed by atoms with Crippen LogP contribution < -0.4 is 14.8 Å². The summed E-state index contributed by atoms with van der Waals surface area (Å²) in [6, 6.07) is 6.82. The van der Waals surface area contributed by atoms with Gasteiger partial charge in [0.05, 0.1) is 14.2 Å². The third-order valence-electron chi connectivity index (χ3n) is 3.55. The molecule has 0 bridgehead atoms. The van der Waals surface area contributed by atoms with Crippen molar-refractivity contribution in [1.29, 1.82) is 0 Å². The molecule has 1 atom stereocenters. The molecule has 0 aliphatic rings. The summed E-state index contributed by atoms with van der Waals surface area (Å²) in [4.78, 5) is 0. The summed E-state index contributed by atoms with van der Waals surface area (Å²) in [6.07, 6.45) is 5.90. The number of rotatable bonds is 10. The molecule has 20 heavy (non-hydrogen) atoms. The fraction of sp³-hybridized carbons (Fsp3) is 0.647. The van der Waals surface area contributed by atoms with Gasteiger partial charge in [-0.2, -0.15) is 0 Å². The molecule has 1 aromatic carbocycles. The van der Waals surface area contributed by atoms with Crippen LogP contribution >= 0.6 is 0 Å². The number of methoxy groups -OCH3 is 2. The second-order valence-electron chi connectivity index (χ2n) is 5.17. The Morgan fingerprint density at radius 3 is 2.35 bits per heavy atom. The van der Waals surface area contributed by atoms with E-state index in [0.29, 0.717) is 6.04 Å². The molecule has 0 spiro atoms. The van der Waals surface area contributed by atoms with Gasteiger partial charge in [-0.1, -0.05) is 26.3 Å². The molecular formula is C17H29NO2. The van der Waals surface area contributed by atoms with Gasteiger partial charge in [-0.15, -0.1) is 0 Å². The van der Waals surface area contributed by atoms with Gasteiger partial charge < -0.3 is 14.8 Å². The van der Waals surface area contributed by atoms with E-state index < -0.39 is 0 Å². The van der Waals surface area contributed by atoms with Crippen LogP contribution in [0.1, 0.15) is 45.1 Å². The minimum Gasteiger partial charge on any atom is -0.493 e. The molecule has 1 rings (SSSR count). The van der Waals surface area contributed by atoms with Gasteiger partial charge in [-0.25, -0.2) is 0 Å². The Balaban J connectivity index is 2.58. The van der Waals surface area contributed by atoms with E-state index in [4.69, 9.17) is 9.47 Å². The van der Waals surface area contributed by atoms with Crippen molar-refractivity contribution in [1.82, 2.24) is 5.32 Å². The van der Waals surface area contributed by atoms with Crippen LogP contribution in [0.25, 0.3) is 0 Å². The van der Waals surface area contributed by atoms with Crippen molar-refractivity contribution in [2.45, 2.75) is 52.0 Å². The zero-order valence-corrected chi connectivity index (χ0v) is 13.4. The van der Waals surface area contributed by atoms with Crippen molar-refractivity contribution in [3.63, 3.8) is 0 Å². The maximum absolute atomic E-state index is 5.36. The molecular weight excluding hydrogens is 250 g/mol. The minimum absolute atomic E-state index is 0.619. The first-order valence-corrected chi connectivity index (χ1v) is 7.69. The first-order valence-electron chi connectivity index (χ1n) is 7.69. The highest BCUT2D eigenvalue weighted by Gasteiger charge is 2.09. The van der Waals surface area contributed by atoms with Crippen LogP contribution in [0.2, 0.25) is 0 Å². The van der Waals surface area contributed by atoms with Gasteiger partial charge in [0, 0.05) is 6.04 Å². The lowest BCUT2D eigenvalue weighted by atomic mass is 10.0. The van der Waals surface area contributed by atoms with Gasteiger partial charge in [0.2, 0.25) is 0 Å². The standard InChI is InChI=1S/C17H29NO2/c1-5-7-15(18-12-6-2)10-8-14-9-11-16(19-3)17(13-14)20-4/h9,11,13,15,18H,5-8,10,12H2,1-4H3. The number of aryl methyl sites for hydroxylation is 1. The van der Waals surface area contributed by atoms with Crippen LogP contribution in [0.5, 0.6) is 11.5 Å². The molecule has 0 aliphatic carbocycles. The van der Waals surface area contributed by atoms with Crippen LogP contribution in [-0.2, 0) is 6.42 Å². The van der Waals surface area contributed by atoms with Crippen molar-refractivity contribution in [3.05, 3.63) is 23.8 Å². The second-order valence-corrected chi connectivity index (χ2v) is 5.17.